The van der Waals surface area contributed by atoms with Gasteiger partial charge in [-0.1, -0.05) is 17.7 Å². The molecule has 0 radical (unpaired) electrons. The number of hydrogen-bond acceptors (Lipinski definition) is 5. The van der Waals surface area contributed by atoms with Gasteiger partial charge in [0.15, 0.2) is 0 Å². The summed E-state index contributed by atoms with van der Waals surface area (Å²) in [4.78, 5) is 25.7. The summed E-state index contributed by atoms with van der Waals surface area (Å²) in [5, 5.41) is 6.52. The number of carbonyl (C=O) groups excluding carboxylic acids is 1. The molecule has 28 heavy (non-hydrogen) atoms. The van der Waals surface area contributed by atoms with Crippen LogP contribution >= 0.6 is 11.3 Å². The van der Waals surface area contributed by atoms with Gasteiger partial charge in [0.05, 0.1) is 10.4 Å². The quantitative estimate of drug-likeness (QED) is 0.533. The molecule has 0 bridgehead atoms. The van der Waals surface area contributed by atoms with E-state index in [1.807, 2.05) is 43.5 Å². The SMILES string of the molecule is Cc1ccc(NC(=O)c2cc3c(C#Cc4csc(C)n4)ncnc3n2C)cc1. The minimum Gasteiger partial charge on any atom is -0.324 e. The van der Waals surface area contributed by atoms with Crippen molar-refractivity contribution in [2.75, 3.05) is 5.32 Å². The van der Waals surface area contributed by atoms with Crippen LogP contribution in [0.2, 0.25) is 0 Å². The average Bonchev–Trinajstić information content (AvgIpc) is 3.25. The first-order chi connectivity index (χ1) is 13.5. The molecule has 0 saturated heterocycles. The Morgan fingerprint density at radius 1 is 1.14 bits per heavy atom. The minimum atomic E-state index is -0.210. The number of aromatic nitrogens is 4. The van der Waals surface area contributed by atoms with Crippen molar-refractivity contribution in [1.82, 2.24) is 19.5 Å². The largest absolute Gasteiger partial charge is 0.324 e. The van der Waals surface area contributed by atoms with Crippen LogP contribution in [0, 0.1) is 25.7 Å². The van der Waals surface area contributed by atoms with Gasteiger partial charge >= 0.3 is 0 Å². The van der Waals surface area contributed by atoms with Gasteiger partial charge in [0.1, 0.15) is 29.1 Å². The molecular weight excluding hydrogens is 370 g/mol. The lowest BCUT2D eigenvalue weighted by Crippen LogP contribution is -2.15. The number of nitrogens with zero attached hydrogens (tertiary/aromatic N) is 4. The van der Waals surface area contributed by atoms with E-state index in [0.29, 0.717) is 22.7 Å². The first-order valence-corrected chi connectivity index (χ1v) is 9.52. The van der Waals surface area contributed by atoms with Crippen LogP contribution in [0.4, 0.5) is 5.69 Å². The Morgan fingerprint density at radius 3 is 2.64 bits per heavy atom. The number of benzene rings is 1. The predicted octanol–water partition coefficient (Wildman–Crippen LogP) is 3.69. The van der Waals surface area contributed by atoms with E-state index in [4.69, 9.17) is 0 Å². The van der Waals surface area contributed by atoms with Crippen molar-refractivity contribution in [2.45, 2.75) is 13.8 Å². The molecule has 0 aliphatic rings. The second-order valence-corrected chi connectivity index (χ2v) is 7.43. The van der Waals surface area contributed by atoms with Gasteiger partial charge in [0.25, 0.3) is 5.91 Å². The molecule has 1 N–H and O–H groups in total. The van der Waals surface area contributed by atoms with Crippen LogP contribution in [-0.2, 0) is 7.05 Å². The van der Waals surface area contributed by atoms with Gasteiger partial charge in [-0.25, -0.2) is 15.0 Å². The van der Waals surface area contributed by atoms with Crippen LogP contribution in [-0.4, -0.2) is 25.4 Å². The van der Waals surface area contributed by atoms with Crippen LogP contribution in [0.25, 0.3) is 11.0 Å². The van der Waals surface area contributed by atoms with E-state index in [9.17, 15) is 4.79 Å². The molecule has 0 aliphatic heterocycles. The molecule has 1 aromatic carbocycles. The minimum absolute atomic E-state index is 0.210. The highest BCUT2D eigenvalue weighted by Gasteiger charge is 2.16. The summed E-state index contributed by atoms with van der Waals surface area (Å²) in [5.41, 5.74) is 4.30. The maximum absolute atomic E-state index is 12.8. The monoisotopic (exact) mass is 387 g/mol. The van der Waals surface area contributed by atoms with Crippen molar-refractivity contribution < 1.29 is 4.79 Å². The zero-order valence-electron chi connectivity index (χ0n) is 15.6. The number of amides is 1. The number of nitrogens with one attached hydrogen (secondary N) is 1. The van der Waals surface area contributed by atoms with Gasteiger partial charge in [0, 0.05) is 18.1 Å². The Morgan fingerprint density at radius 2 is 1.93 bits per heavy atom. The van der Waals surface area contributed by atoms with Crippen molar-refractivity contribution in [3.8, 4) is 11.8 Å². The predicted molar refractivity (Wildman–Crippen MR) is 110 cm³/mol. The number of thiazole rings is 1. The third kappa shape index (κ3) is 3.50. The second-order valence-electron chi connectivity index (χ2n) is 6.37. The summed E-state index contributed by atoms with van der Waals surface area (Å²) in [6.45, 7) is 3.94. The van der Waals surface area contributed by atoms with Gasteiger partial charge in [-0.05, 0) is 43.9 Å². The number of hydrogen-bond donors (Lipinski definition) is 1. The van der Waals surface area contributed by atoms with Gasteiger partial charge in [-0.3, -0.25) is 4.79 Å². The van der Waals surface area contributed by atoms with E-state index in [-0.39, 0.29) is 5.91 Å². The fraction of sp³-hybridized carbons (Fsp3) is 0.143. The molecule has 0 saturated carbocycles. The first-order valence-electron chi connectivity index (χ1n) is 8.64. The van der Waals surface area contributed by atoms with Gasteiger partial charge < -0.3 is 9.88 Å². The van der Waals surface area contributed by atoms with Crippen molar-refractivity contribution in [3.63, 3.8) is 0 Å². The van der Waals surface area contributed by atoms with Crippen molar-refractivity contribution >= 4 is 34.0 Å². The molecule has 4 rings (SSSR count). The molecule has 0 unspecified atom stereocenters. The topological polar surface area (TPSA) is 72.7 Å². The third-order valence-electron chi connectivity index (χ3n) is 4.29. The number of rotatable bonds is 2. The van der Waals surface area contributed by atoms with E-state index in [0.717, 1.165) is 21.6 Å². The van der Waals surface area contributed by atoms with Gasteiger partial charge in [0.2, 0.25) is 0 Å². The molecule has 0 fully saturated rings. The summed E-state index contributed by atoms with van der Waals surface area (Å²) >= 11 is 1.55. The molecular formula is C21H17N5OS. The van der Waals surface area contributed by atoms with Crippen LogP contribution in [0.5, 0.6) is 0 Å². The van der Waals surface area contributed by atoms with E-state index in [1.165, 1.54) is 6.33 Å². The number of anilines is 1. The van der Waals surface area contributed by atoms with Crippen LogP contribution in [0.3, 0.4) is 0 Å². The second kappa shape index (κ2) is 7.25. The summed E-state index contributed by atoms with van der Waals surface area (Å²) in [6.07, 6.45) is 1.46. The van der Waals surface area contributed by atoms with Crippen molar-refractivity contribution in [2.24, 2.45) is 7.05 Å². The zero-order valence-corrected chi connectivity index (χ0v) is 16.5. The Labute approximate surface area is 166 Å². The molecule has 0 atom stereocenters. The van der Waals surface area contributed by atoms with Gasteiger partial charge in [-0.15, -0.1) is 11.3 Å². The lowest BCUT2D eigenvalue weighted by atomic mass is 10.2. The summed E-state index contributed by atoms with van der Waals surface area (Å²) in [5.74, 6) is 5.87. The lowest BCUT2D eigenvalue weighted by molar-refractivity contribution is 0.101. The highest BCUT2D eigenvalue weighted by atomic mass is 32.1. The molecule has 6 nitrogen and oxygen atoms in total. The summed E-state index contributed by atoms with van der Waals surface area (Å²) in [6, 6.07) is 9.44. The van der Waals surface area contributed by atoms with E-state index in [1.54, 1.807) is 29.0 Å². The van der Waals surface area contributed by atoms with Crippen LogP contribution in [0.15, 0.2) is 42.0 Å². The lowest BCUT2D eigenvalue weighted by Gasteiger charge is -2.06. The fourth-order valence-electron chi connectivity index (χ4n) is 2.83. The smallest absolute Gasteiger partial charge is 0.272 e. The molecule has 4 aromatic rings. The molecule has 138 valence electrons. The van der Waals surface area contributed by atoms with Crippen LogP contribution in [0.1, 0.15) is 32.4 Å². The normalized spacial score (nSPS) is 10.5. The molecule has 0 spiro atoms. The van der Waals surface area contributed by atoms with Gasteiger partial charge in [-0.2, -0.15) is 0 Å². The maximum atomic E-state index is 12.8. The Kier molecular flexibility index (Phi) is 4.63. The number of aryl methyl sites for hydroxylation is 3. The van der Waals surface area contributed by atoms with Crippen LogP contribution < -0.4 is 5.32 Å². The zero-order chi connectivity index (χ0) is 19.7. The summed E-state index contributed by atoms with van der Waals surface area (Å²) < 4.78 is 1.75. The molecule has 3 heterocycles. The molecule has 1 amide bonds. The highest BCUT2D eigenvalue weighted by molar-refractivity contribution is 7.09. The Bertz CT molecular complexity index is 1240. The average molecular weight is 387 g/mol. The Balaban J connectivity index is 1.69. The standard InChI is InChI=1S/C21H17N5OS/c1-13-4-6-15(7-5-13)25-21(27)19-10-17-18(22-12-23-20(17)26(19)3)9-8-16-11-28-14(2)24-16/h4-7,10-12H,1-3H3,(H,25,27). The maximum Gasteiger partial charge on any atom is 0.272 e. The van der Waals surface area contributed by atoms with Crippen molar-refractivity contribution in [1.29, 1.82) is 0 Å². The van der Waals surface area contributed by atoms with E-state index < -0.39 is 0 Å². The highest BCUT2D eigenvalue weighted by Crippen LogP contribution is 2.20. The number of carbonyl (C=O) groups is 1. The molecule has 3 aromatic heterocycles. The molecule has 7 heteroatoms. The van der Waals surface area contributed by atoms with E-state index >= 15 is 0 Å². The first kappa shape index (κ1) is 17.9. The molecule has 0 aliphatic carbocycles. The third-order valence-corrected chi connectivity index (χ3v) is 5.07. The van der Waals surface area contributed by atoms with E-state index in [2.05, 4.69) is 32.1 Å². The fourth-order valence-corrected chi connectivity index (χ4v) is 3.37. The Hall–Kier alpha value is -3.50. The summed E-state index contributed by atoms with van der Waals surface area (Å²) in [7, 11) is 1.81. The van der Waals surface area contributed by atoms with Crippen molar-refractivity contribution in [3.05, 3.63) is 69.7 Å². The number of fused-ring (bicyclic) bond motifs is 1.